The highest BCUT2D eigenvalue weighted by Gasteiger charge is 2.58. The minimum atomic E-state index is -0.307. The highest BCUT2D eigenvalue weighted by molar-refractivity contribution is 5.89. The lowest BCUT2D eigenvalue weighted by Gasteiger charge is -2.32. The Kier molecular flexibility index (Phi) is 5.62. The summed E-state index contributed by atoms with van der Waals surface area (Å²) in [6.45, 7) is 3.46. The Balaban J connectivity index is 1.23. The number of carbonyl (C=O) groups is 2. The lowest BCUT2D eigenvalue weighted by atomic mass is 9.90. The van der Waals surface area contributed by atoms with E-state index in [1.54, 1.807) is 12.4 Å². The largest absolute Gasteiger partial charge is 0.465 e. The predicted octanol–water partition coefficient (Wildman–Crippen LogP) is 2.79. The zero-order valence-corrected chi connectivity index (χ0v) is 16.8. The average molecular weight is 393 g/mol. The summed E-state index contributed by atoms with van der Waals surface area (Å²) >= 11 is 0. The van der Waals surface area contributed by atoms with Crippen LogP contribution in [0, 0.1) is 11.3 Å². The lowest BCUT2D eigenvalue weighted by Crippen LogP contribution is -2.36. The van der Waals surface area contributed by atoms with Gasteiger partial charge in [-0.25, -0.2) is 4.79 Å². The first-order chi connectivity index (χ1) is 14.1. The molecule has 6 nitrogen and oxygen atoms in total. The van der Waals surface area contributed by atoms with E-state index in [0.717, 1.165) is 44.5 Å². The van der Waals surface area contributed by atoms with Crippen molar-refractivity contribution in [1.29, 1.82) is 0 Å². The van der Waals surface area contributed by atoms with Gasteiger partial charge in [-0.1, -0.05) is 12.1 Å². The summed E-state index contributed by atoms with van der Waals surface area (Å²) < 4.78 is 4.74. The number of amides is 1. The van der Waals surface area contributed by atoms with E-state index in [1.807, 2.05) is 36.4 Å². The zero-order chi connectivity index (χ0) is 20.3. The molecule has 1 amide bonds. The van der Waals surface area contributed by atoms with Gasteiger partial charge in [0, 0.05) is 31.4 Å². The van der Waals surface area contributed by atoms with Crippen molar-refractivity contribution in [2.24, 2.45) is 11.3 Å². The third-order valence-corrected chi connectivity index (χ3v) is 6.36. The Morgan fingerprint density at radius 3 is 2.45 bits per heavy atom. The maximum Gasteiger partial charge on any atom is 0.337 e. The molecular weight excluding hydrogens is 366 g/mol. The molecule has 1 saturated heterocycles. The lowest BCUT2D eigenvalue weighted by molar-refractivity contribution is -0.123. The van der Waals surface area contributed by atoms with Crippen molar-refractivity contribution in [2.45, 2.75) is 32.4 Å². The van der Waals surface area contributed by atoms with Gasteiger partial charge in [-0.05, 0) is 73.2 Å². The van der Waals surface area contributed by atoms with Gasteiger partial charge < -0.3 is 10.1 Å². The minimum absolute atomic E-state index is 0.158. The van der Waals surface area contributed by atoms with Crippen molar-refractivity contribution in [1.82, 2.24) is 15.2 Å². The van der Waals surface area contributed by atoms with Crippen LogP contribution < -0.4 is 5.32 Å². The first-order valence-corrected chi connectivity index (χ1v) is 10.2. The molecule has 2 aliphatic rings. The molecule has 1 N–H and O–H groups in total. The molecule has 4 rings (SSSR count). The van der Waals surface area contributed by atoms with Gasteiger partial charge in [0.2, 0.25) is 5.91 Å². The van der Waals surface area contributed by atoms with E-state index in [9.17, 15) is 9.59 Å². The van der Waals surface area contributed by atoms with Crippen molar-refractivity contribution in [3.05, 3.63) is 65.5 Å². The average Bonchev–Trinajstić information content (AvgIpc) is 3.48. The molecule has 29 heavy (non-hydrogen) atoms. The highest BCUT2D eigenvalue weighted by Crippen LogP contribution is 2.59. The Morgan fingerprint density at radius 2 is 1.79 bits per heavy atom. The molecule has 1 saturated carbocycles. The van der Waals surface area contributed by atoms with Crippen molar-refractivity contribution >= 4 is 11.9 Å². The molecule has 1 atom stereocenters. The summed E-state index contributed by atoms with van der Waals surface area (Å²) in [6.07, 6.45) is 6.65. The smallest absolute Gasteiger partial charge is 0.337 e. The Morgan fingerprint density at radius 1 is 1.10 bits per heavy atom. The molecule has 1 aliphatic heterocycles. The van der Waals surface area contributed by atoms with E-state index < -0.39 is 0 Å². The van der Waals surface area contributed by atoms with Gasteiger partial charge in [0.25, 0.3) is 0 Å². The number of carbonyl (C=O) groups excluding carboxylic acids is 2. The van der Waals surface area contributed by atoms with E-state index >= 15 is 0 Å². The SMILES string of the molecule is COC(=O)c1ccc(CN2CCC3(CC2)CC3C(=O)NCc2ccncc2)cc1. The van der Waals surface area contributed by atoms with Crippen LogP contribution in [0.5, 0.6) is 0 Å². The van der Waals surface area contributed by atoms with E-state index in [2.05, 4.69) is 15.2 Å². The molecule has 152 valence electrons. The highest BCUT2D eigenvalue weighted by atomic mass is 16.5. The molecule has 1 aromatic heterocycles. The normalized spacial score (nSPS) is 20.2. The van der Waals surface area contributed by atoms with Gasteiger partial charge in [0.15, 0.2) is 0 Å². The van der Waals surface area contributed by atoms with Crippen LogP contribution in [-0.4, -0.2) is 42.0 Å². The van der Waals surface area contributed by atoms with Crippen LogP contribution in [-0.2, 0) is 22.6 Å². The monoisotopic (exact) mass is 393 g/mol. The van der Waals surface area contributed by atoms with Crippen LogP contribution in [0.25, 0.3) is 0 Å². The maximum atomic E-state index is 12.6. The van der Waals surface area contributed by atoms with E-state index in [4.69, 9.17) is 4.74 Å². The first kappa shape index (κ1) is 19.6. The summed E-state index contributed by atoms with van der Waals surface area (Å²) in [5, 5.41) is 3.08. The van der Waals surface area contributed by atoms with Crippen LogP contribution in [0.4, 0.5) is 0 Å². The number of nitrogens with zero attached hydrogens (tertiary/aromatic N) is 2. The zero-order valence-electron chi connectivity index (χ0n) is 16.8. The Labute approximate surface area is 171 Å². The molecule has 1 aromatic carbocycles. The third kappa shape index (κ3) is 4.48. The van der Waals surface area contributed by atoms with E-state index in [-0.39, 0.29) is 23.2 Å². The summed E-state index contributed by atoms with van der Waals surface area (Å²) in [6, 6.07) is 11.5. The van der Waals surface area contributed by atoms with Crippen LogP contribution in [0.2, 0.25) is 0 Å². The number of rotatable bonds is 6. The number of pyridine rings is 1. The molecule has 2 aromatic rings. The second kappa shape index (κ2) is 8.33. The van der Waals surface area contributed by atoms with Gasteiger partial charge in [0.05, 0.1) is 12.7 Å². The van der Waals surface area contributed by atoms with Gasteiger partial charge in [-0.15, -0.1) is 0 Å². The number of nitrogens with one attached hydrogen (secondary N) is 1. The second-order valence-electron chi connectivity index (χ2n) is 8.16. The van der Waals surface area contributed by atoms with Gasteiger partial charge in [-0.2, -0.15) is 0 Å². The van der Waals surface area contributed by atoms with E-state index in [1.165, 1.54) is 12.7 Å². The van der Waals surface area contributed by atoms with Crippen LogP contribution in [0.15, 0.2) is 48.8 Å². The van der Waals surface area contributed by atoms with Gasteiger partial charge >= 0.3 is 5.97 Å². The quantitative estimate of drug-likeness (QED) is 0.764. The summed E-state index contributed by atoms with van der Waals surface area (Å²) in [5.41, 5.74) is 3.05. The standard InChI is InChI=1S/C23H27N3O3/c1-29-22(28)19-4-2-18(3-5-19)16-26-12-8-23(9-13-26)14-20(23)21(27)25-15-17-6-10-24-11-7-17/h2-7,10-11,20H,8-9,12-16H2,1H3,(H,25,27). The fourth-order valence-electron chi connectivity index (χ4n) is 4.36. The number of esters is 1. The number of piperidine rings is 1. The fraction of sp³-hybridized carbons (Fsp3) is 0.435. The fourth-order valence-corrected chi connectivity index (χ4v) is 4.36. The minimum Gasteiger partial charge on any atom is -0.465 e. The number of hydrogen-bond donors (Lipinski definition) is 1. The maximum absolute atomic E-state index is 12.6. The Hall–Kier alpha value is -2.73. The molecule has 0 radical (unpaired) electrons. The van der Waals surface area contributed by atoms with E-state index in [0.29, 0.717) is 12.1 Å². The molecule has 2 fully saturated rings. The number of likely N-dealkylation sites (tertiary alicyclic amines) is 1. The summed E-state index contributed by atoms with van der Waals surface area (Å²) in [5.74, 6) is 0.0398. The van der Waals surface area contributed by atoms with Gasteiger partial charge in [0.1, 0.15) is 0 Å². The van der Waals surface area contributed by atoms with Crippen molar-refractivity contribution < 1.29 is 14.3 Å². The number of aromatic nitrogens is 1. The molecular formula is C23H27N3O3. The van der Waals surface area contributed by atoms with Crippen molar-refractivity contribution in [3.8, 4) is 0 Å². The molecule has 6 heteroatoms. The third-order valence-electron chi connectivity index (χ3n) is 6.36. The van der Waals surface area contributed by atoms with Crippen molar-refractivity contribution in [3.63, 3.8) is 0 Å². The van der Waals surface area contributed by atoms with Gasteiger partial charge in [-0.3, -0.25) is 14.7 Å². The second-order valence-corrected chi connectivity index (χ2v) is 8.16. The molecule has 1 aliphatic carbocycles. The molecule has 1 spiro atoms. The van der Waals surface area contributed by atoms with Crippen LogP contribution in [0.3, 0.4) is 0 Å². The topological polar surface area (TPSA) is 71.5 Å². The number of benzene rings is 1. The van der Waals surface area contributed by atoms with Crippen LogP contribution >= 0.6 is 0 Å². The molecule has 0 bridgehead atoms. The molecule has 2 heterocycles. The van der Waals surface area contributed by atoms with Crippen molar-refractivity contribution in [2.75, 3.05) is 20.2 Å². The number of methoxy groups -OCH3 is 1. The first-order valence-electron chi connectivity index (χ1n) is 10.2. The summed E-state index contributed by atoms with van der Waals surface area (Å²) in [4.78, 5) is 30.5. The number of ether oxygens (including phenoxy) is 1. The Bertz CT molecular complexity index is 859. The molecule has 1 unspecified atom stereocenters. The predicted molar refractivity (Wildman–Crippen MR) is 109 cm³/mol. The number of hydrogen-bond acceptors (Lipinski definition) is 5. The summed E-state index contributed by atoms with van der Waals surface area (Å²) in [7, 11) is 1.39. The van der Waals surface area contributed by atoms with Crippen LogP contribution in [0.1, 0.15) is 40.7 Å².